The van der Waals surface area contributed by atoms with Crippen LogP contribution < -0.4 is 5.32 Å². The number of anilines is 1. The van der Waals surface area contributed by atoms with Crippen molar-refractivity contribution in [2.45, 2.75) is 38.8 Å². The zero-order valence-corrected chi connectivity index (χ0v) is 19.3. The highest BCUT2D eigenvalue weighted by molar-refractivity contribution is 5.96. The molecule has 3 fully saturated rings. The first-order valence-corrected chi connectivity index (χ1v) is 11.8. The van der Waals surface area contributed by atoms with Crippen molar-refractivity contribution in [2.24, 2.45) is 11.8 Å². The highest BCUT2D eigenvalue weighted by Gasteiger charge is 2.51. The zero-order chi connectivity index (χ0) is 23.2. The van der Waals surface area contributed by atoms with Gasteiger partial charge in [-0.1, -0.05) is 25.1 Å². The molecular formula is C26H27N7O. The van der Waals surface area contributed by atoms with Gasteiger partial charge in [-0.05, 0) is 61.9 Å². The number of para-hydroxylation sites is 1. The van der Waals surface area contributed by atoms with E-state index in [4.69, 9.17) is 4.98 Å². The Balaban J connectivity index is 1.30. The van der Waals surface area contributed by atoms with Crippen molar-refractivity contribution >= 4 is 22.6 Å². The lowest BCUT2D eigenvalue weighted by Crippen LogP contribution is -2.64. The number of piperidine rings is 2. The molecule has 2 saturated heterocycles. The quantitative estimate of drug-likeness (QED) is 0.494. The standard InChI is InChI=1S/C26H27N7O/c1-16-7-9-22(33-28-11-12-29-33)25(30-16)26(34)32-20-13-19(14-20)17(2)23(32)15-27-24-10-8-18-5-3-4-6-21(18)31-24/h3-12,17,19-20,23H,13-15H2,1-2H3,(H,27,31)/t17-,19?,20?,23?/m1/s1. The highest BCUT2D eigenvalue weighted by atomic mass is 16.2. The van der Waals surface area contributed by atoms with E-state index in [0.717, 1.165) is 35.3 Å². The summed E-state index contributed by atoms with van der Waals surface area (Å²) in [6, 6.07) is 16.2. The van der Waals surface area contributed by atoms with Gasteiger partial charge >= 0.3 is 0 Å². The van der Waals surface area contributed by atoms with Crippen LogP contribution in [0.25, 0.3) is 16.6 Å². The highest BCUT2D eigenvalue weighted by Crippen LogP contribution is 2.47. The van der Waals surface area contributed by atoms with Gasteiger partial charge in [-0.3, -0.25) is 4.79 Å². The summed E-state index contributed by atoms with van der Waals surface area (Å²) in [5.41, 5.74) is 2.77. The zero-order valence-electron chi connectivity index (χ0n) is 19.3. The van der Waals surface area contributed by atoms with Crippen LogP contribution in [0.2, 0.25) is 0 Å². The Morgan fingerprint density at radius 3 is 2.65 bits per heavy atom. The Morgan fingerprint density at radius 1 is 1.03 bits per heavy atom. The number of benzene rings is 1. The maximum absolute atomic E-state index is 14.0. The largest absolute Gasteiger partial charge is 0.368 e. The van der Waals surface area contributed by atoms with Crippen LogP contribution in [0.15, 0.2) is 60.9 Å². The van der Waals surface area contributed by atoms with Gasteiger partial charge in [0.2, 0.25) is 0 Å². The van der Waals surface area contributed by atoms with Gasteiger partial charge in [-0.15, -0.1) is 4.80 Å². The number of aryl methyl sites for hydroxylation is 1. The lowest BCUT2D eigenvalue weighted by Gasteiger charge is -2.57. The lowest BCUT2D eigenvalue weighted by molar-refractivity contribution is -0.0505. The number of rotatable bonds is 5. The summed E-state index contributed by atoms with van der Waals surface area (Å²) in [6.07, 6.45) is 5.32. The van der Waals surface area contributed by atoms with Crippen LogP contribution in [0.3, 0.4) is 0 Å². The fourth-order valence-electron chi connectivity index (χ4n) is 5.43. The number of carbonyl (C=O) groups is 1. The van der Waals surface area contributed by atoms with Crippen LogP contribution in [0.1, 0.15) is 35.9 Å². The normalized spacial score (nSPS) is 23.5. The monoisotopic (exact) mass is 453 g/mol. The molecule has 1 saturated carbocycles. The van der Waals surface area contributed by atoms with Gasteiger partial charge < -0.3 is 10.2 Å². The number of nitrogens with zero attached hydrogens (tertiary/aromatic N) is 6. The van der Waals surface area contributed by atoms with Crippen molar-refractivity contribution in [3.05, 3.63) is 72.3 Å². The van der Waals surface area contributed by atoms with E-state index in [2.05, 4.69) is 44.5 Å². The SMILES string of the molecule is Cc1ccc(-n2nccn2)c(C(=O)N2C3CC(C3)[C@@H](C)C2CNc2ccc3ccccc3n2)n1. The van der Waals surface area contributed by atoms with E-state index < -0.39 is 0 Å². The first-order valence-electron chi connectivity index (χ1n) is 11.8. The van der Waals surface area contributed by atoms with E-state index in [-0.39, 0.29) is 18.0 Å². The molecule has 0 radical (unpaired) electrons. The van der Waals surface area contributed by atoms with Crippen molar-refractivity contribution < 1.29 is 4.79 Å². The number of aromatic nitrogens is 5. The van der Waals surface area contributed by atoms with E-state index in [9.17, 15) is 4.79 Å². The molecule has 1 amide bonds. The molecule has 2 bridgehead atoms. The molecule has 0 spiro atoms. The van der Waals surface area contributed by atoms with Crippen LogP contribution in [-0.2, 0) is 0 Å². The summed E-state index contributed by atoms with van der Waals surface area (Å²) >= 11 is 0. The summed E-state index contributed by atoms with van der Waals surface area (Å²) in [6.45, 7) is 4.81. The van der Waals surface area contributed by atoms with Crippen LogP contribution in [0.5, 0.6) is 0 Å². The van der Waals surface area contributed by atoms with Gasteiger partial charge in [0.1, 0.15) is 11.5 Å². The van der Waals surface area contributed by atoms with Crippen molar-refractivity contribution in [3.63, 3.8) is 0 Å². The minimum absolute atomic E-state index is 0.0516. The third-order valence-corrected chi connectivity index (χ3v) is 7.43. The summed E-state index contributed by atoms with van der Waals surface area (Å²) in [5, 5.41) is 13.1. The lowest BCUT2D eigenvalue weighted by atomic mass is 9.64. The van der Waals surface area contributed by atoms with Crippen molar-refractivity contribution in [2.75, 3.05) is 11.9 Å². The van der Waals surface area contributed by atoms with Crippen molar-refractivity contribution in [1.29, 1.82) is 0 Å². The van der Waals surface area contributed by atoms with Crippen LogP contribution in [-0.4, -0.2) is 54.4 Å². The van der Waals surface area contributed by atoms with E-state index >= 15 is 0 Å². The van der Waals surface area contributed by atoms with Gasteiger partial charge in [-0.25, -0.2) is 9.97 Å². The van der Waals surface area contributed by atoms with E-state index in [0.29, 0.717) is 29.8 Å². The second-order valence-electron chi connectivity index (χ2n) is 9.43. The summed E-state index contributed by atoms with van der Waals surface area (Å²) < 4.78 is 0. The number of pyridine rings is 2. The van der Waals surface area contributed by atoms with Gasteiger partial charge in [-0.2, -0.15) is 10.2 Å². The average molecular weight is 454 g/mol. The first-order chi connectivity index (χ1) is 16.6. The molecule has 3 aliphatic rings. The van der Waals surface area contributed by atoms with Gasteiger partial charge in [0.25, 0.3) is 5.91 Å². The molecule has 1 aliphatic carbocycles. The number of nitrogens with one attached hydrogen (secondary N) is 1. The van der Waals surface area contributed by atoms with Crippen molar-refractivity contribution in [3.8, 4) is 5.69 Å². The topological polar surface area (TPSA) is 88.8 Å². The summed E-state index contributed by atoms with van der Waals surface area (Å²) in [7, 11) is 0. The third-order valence-electron chi connectivity index (χ3n) is 7.43. The summed E-state index contributed by atoms with van der Waals surface area (Å²) in [5.74, 6) is 1.82. The second kappa shape index (κ2) is 8.20. The number of carbonyl (C=O) groups excluding carboxylic acids is 1. The number of hydrogen-bond donors (Lipinski definition) is 1. The molecule has 2 atom stereocenters. The molecule has 1 unspecified atom stereocenters. The predicted octanol–water partition coefficient (Wildman–Crippen LogP) is 3.87. The van der Waals surface area contributed by atoms with E-state index in [1.807, 2.05) is 43.3 Å². The molecule has 172 valence electrons. The minimum atomic E-state index is -0.0516. The number of hydrogen-bond acceptors (Lipinski definition) is 6. The molecule has 1 aromatic carbocycles. The maximum Gasteiger partial charge on any atom is 0.275 e. The average Bonchev–Trinajstić information content (AvgIpc) is 3.36. The maximum atomic E-state index is 14.0. The van der Waals surface area contributed by atoms with Gasteiger partial charge in [0.15, 0.2) is 5.69 Å². The Morgan fingerprint density at radius 2 is 1.82 bits per heavy atom. The predicted molar refractivity (Wildman–Crippen MR) is 130 cm³/mol. The van der Waals surface area contributed by atoms with Crippen LogP contribution >= 0.6 is 0 Å². The first kappa shape index (κ1) is 20.8. The molecular weight excluding hydrogens is 426 g/mol. The van der Waals surface area contributed by atoms with Crippen molar-refractivity contribution in [1.82, 2.24) is 29.9 Å². The molecule has 2 aliphatic heterocycles. The number of fused-ring (bicyclic) bond motifs is 3. The Hall–Kier alpha value is -3.81. The van der Waals surface area contributed by atoms with Gasteiger partial charge in [0, 0.05) is 23.7 Å². The smallest absolute Gasteiger partial charge is 0.275 e. The Labute approximate surface area is 198 Å². The van der Waals surface area contributed by atoms with Crippen LogP contribution in [0, 0.1) is 18.8 Å². The fraction of sp³-hybridized carbons (Fsp3) is 0.346. The molecule has 34 heavy (non-hydrogen) atoms. The number of amides is 1. The van der Waals surface area contributed by atoms with E-state index in [1.165, 1.54) is 4.80 Å². The Kier molecular flexibility index (Phi) is 5.01. The Bertz CT molecular complexity index is 1350. The van der Waals surface area contributed by atoms with E-state index in [1.54, 1.807) is 12.4 Å². The van der Waals surface area contributed by atoms with Gasteiger partial charge in [0.05, 0.1) is 24.0 Å². The molecule has 4 aromatic rings. The molecule has 5 heterocycles. The molecule has 8 nitrogen and oxygen atoms in total. The fourth-order valence-corrected chi connectivity index (χ4v) is 5.43. The van der Waals surface area contributed by atoms with Crippen LogP contribution in [0.4, 0.5) is 5.82 Å². The second-order valence-corrected chi connectivity index (χ2v) is 9.43. The summed E-state index contributed by atoms with van der Waals surface area (Å²) in [4.78, 5) is 26.9. The molecule has 1 N–H and O–H groups in total. The minimum Gasteiger partial charge on any atom is -0.368 e. The molecule has 3 aromatic heterocycles. The molecule has 8 heteroatoms. The molecule has 7 rings (SSSR count). The third kappa shape index (κ3) is 3.50.